The maximum Gasteiger partial charge on any atom is 0.374 e. The van der Waals surface area contributed by atoms with E-state index in [1.165, 1.54) is 0 Å². The lowest BCUT2D eigenvalue weighted by Gasteiger charge is -2.07. The molecule has 31 heavy (non-hydrogen) atoms. The Morgan fingerprint density at radius 3 is 2.26 bits per heavy atom. The number of rotatable bonds is 4. The second-order valence-electron chi connectivity index (χ2n) is 6.90. The van der Waals surface area contributed by atoms with Gasteiger partial charge < -0.3 is 18.9 Å². The third-order valence-corrected chi connectivity index (χ3v) is 4.83. The lowest BCUT2D eigenvalue weighted by molar-refractivity contribution is -0.119. The highest BCUT2D eigenvalue weighted by Gasteiger charge is 2.16. The van der Waals surface area contributed by atoms with Gasteiger partial charge in [0.25, 0.3) is 5.91 Å². The highest BCUT2D eigenvalue weighted by atomic mass is 16.5. The highest BCUT2D eigenvalue weighted by Crippen LogP contribution is 2.30. The molecule has 0 aliphatic rings. The van der Waals surface area contributed by atoms with Gasteiger partial charge in [-0.25, -0.2) is 4.79 Å². The van der Waals surface area contributed by atoms with Gasteiger partial charge in [-0.2, -0.15) is 0 Å². The van der Waals surface area contributed by atoms with Gasteiger partial charge in [-0.3, -0.25) is 9.59 Å². The van der Waals surface area contributed by atoms with Crippen LogP contribution < -0.4 is 10.7 Å². The van der Waals surface area contributed by atoms with Crippen molar-refractivity contribution in [3.8, 4) is 0 Å². The van der Waals surface area contributed by atoms with E-state index in [1.54, 1.807) is 42.5 Å². The molecule has 7 heteroatoms. The fraction of sp³-hybridized carbons (Fsp3) is 0.0417. The molecule has 0 saturated heterocycles. The summed E-state index contributed by atoms with van der Waals surface area (Å²) in [5, 5.41) is 4.85. The van der Waals surface area contributed by atoms with Crippen LogP contribution in [0.25, 0.3) is 32.9 Å². The Balaban J connectivity index is 1.29. The van der Waals surface area contributed by atoms with Crippen LogP contribution >= 0.6 is 0 Å². The molecule has 152 valence electrons. The fourth-order valence-electron chi connectivity index (χ4n) is 3.41. The monoisotopic (exact) mass is 413 g/mol. The van der Waals surface area contributed by atoms with E-state index in [1.807, 2.05) is 24.3 Å². The number of nitrogens with one attached hydrogen (secondary N) is 1. The van der Waals surface area contributed by atoms with Crippen LogP contribution in [0, 0.1) is 0 Å². The van der Waals surface area contributed by atoms with E-state index in [-0.39, 0.29) is 16.8 Å². The minimum absolute atomic E-state index is 0.261. The number of fused-ring (bicyclic) bond motifs is 4. The second kappa shape index (κ2) is 7.46. The molecule has 1 amide bonds. The summed E-state index contributed by atoms with van der Waals surface area (Å²) in [5.74, 6) is -1.68. The Morgan fingerprint density at radius 1 is 0.774 bits per heavy atom. The number of para-hydroxylation sites is 2. The molecule has 0 bridgehead atoms. The number of carbonyl (C=O) groups is 2. The van der Waals surface area contributed by atoms with Gasteiger partial charge in [-0.15, -0.1) is 0 Å². The van der Waals surface area contributed by atoms with Crippen molar-refractivity contribution in [1.82, 2.24) is 0 Å². The number of ether oxygens (including phenoxy) is 1. The molecule has 0 aliphatic carbocycles. The molecule has 0 saturated carbocycles. The standard InChI is InChI=1S/C24H15NO6/c26-18-12-22(31-20-8-4-2-6-16(18)20)24(28)29-13-23(27)25-14-9-10-21-17(11-14)15-5-1-3-7-19(15)30-21/h1-12H,13H2,(H,25,27). The number of benzene rings is 3. The average Bonchev–Trinajstić information content (AvgIpc) is 3.15. The number of carbonyl (C=O) groups excluding carboxylic acids is 2. The summed E-state index contributed by atoms with van der Waals surface area (Å²) in [6.07, 6.45) is 0. The number of esters is 1. The first-order valence-electron chi connectivity index (χ1n) is 9.50. The topological polar surface area (TPSA) is 98.8 Å². The van der Waals surface area contributed by atoms with Crippen molar-refractivity contribution in [2.24, 2.45) is 0 Å². The lowest BCUT2D eigenvalue weighted by Crippen LogP contribution is -2.21. The van der Waals surface area contributed by atoms with E-state index in [0.29, 0.717) is 16.7 Å². The van der Waals surface area contributed by atoms with E-state index in [9.17, 15) is 14.4 Å². The number of hydrogen-bond donors (Lipinski definition) is 1. The largest absolute Gasteiger partial charge is 0.456 e. The van der Waals surface area contributed by atoms with Crippen LogP contribution in [-0.4, -0.2) is 18.5 Å². The van der Waals surface area contributed by atoms with Gasteiger partial charge in [0.2, 0.25) is 5.76 Å². The summed E-state index contributed by atoms with van der Waals surface area (Å²) in [5.41, 5.74) is 1.91. The SMILES string of the molecule is O=C(COC(=O)c1cc(=O)c2ccccc2o1)Nc1ccc2oc3ccccc3c2c1. The van der Waals surface area contributed by atoms with Crippen LogP contribution in [0.3, 0.4) is 0 Å². The molecule has 3 aromatic carbocycles. The normalized spacial score (nSPS) is 11.1. The van der Waals surface area contributed by atoms with Crippen molar-refractivity contribution in [2.45, 2.75) is 0 Å². The summed E-state index contributed by atoms with van der Waals surface area (Å²) in [4.78, 5) is 36.6. The zero-order valence-electron chi connectivity index (χ0n) is 16.1. The van der Waals surface area contributed by atoms with Crippen molar-refractivity contribution in [3.05, 3.63) is 88.8 Å². The molecule has 5 rings (SSSR count). The van der Waals surface area contributed by atoms with E-state index in [2.05, 4.69) is 5.32 Å². The minimum Gasteiger partial charge on any atom is -0.456 e. The molecule has 0 radical (unpaired) electrons. The number of furan rings is 1. The molecule has 2 aromatic heterocycles. The van der Waals surface area contributed by atoms with Gasteiger partial charge in [0, 0.05) is 22.5 Å². The van der Waals surface area contributed by atoms with Gasteiger partial charge in [-0.1, -0.05) is 30.3 Å². The van der Waals surface area contributed by atoms with Crippen LogP contribution in [0.15, 0.2) is 86.4 Å². The maximum absolute atomic E-state index is 12.3. The highest BCUT2D eigenvalue weighted by molar-refractivity contribution is 6.07. The van der Waals surface area contributed by atoms with Crippen LogP contribution in [0.1, 0.15) is 10.6 Å². The number of hydrogen-bond acceptors (Lipinski definition) is 6. The number of anilines is 1. The molecule has 0 atom stereocenters. The summed E-state index contributed by atoms with van der Waals surface area (Å²) in [7, 11) is 0. The van der Waals surface area contributed by atoms with Crippen LogP contribution in [0.4, 0.5) is 5.69 Å². The fourth-order valence-corrected chi connectivity index (χ4v) is 3.41. The second-order valence-corrected chi connectivity index (χ2v) is 6.90. The molecule has 1 N–H and O–H groups in total. The predicted molar refractivity (Wildman–Crippen MR) is 115 cm³/mol. The molecule has 2 heterocycles. The van der Waals surface area contributed by atoms with Crippen LogP contribution in [0.2, 0.25) is 0 Å². The smallest absolute Gasteiger partial charge is 0.374 e. The lowest BCUT2D eigenvalue weighted by atomic mass is 10.1. The molecular weight excluding hydrogens is 398 g/mol. The van der Waals surface area contributed by atoms with Crippen molar-refractivity contribution >= 4 is 50.5 Å². The molecule has 5 aromatic rings. The maximum atomic E-state index is 12.3. The molecule has 7 nitrogen and oxygen atoms in total. The van der Waals surface area contributed by atoms with E-state index >= 15 is 0 Å². The number of amides is 1. The molecule has 0 aliphatic heterocycles. The van der Waals surface area contributed by atoms with Crippen molar-refractivity contribution in [3.63, 3.8) is 0 Å². The van der Waals surface area contributed by atoms with Gasteiger partial charge in [0.1, 0.15) is 16.7 Å². The molecule has 0 fully saturated rings. The minimum atomic E-state index is -0.894. The molecular formula is C24H15NO6. The van der Waals surface area contributed by atoms with E-state index in [0.717, 1.165) is 22.4 Å². The van der Waals surface area contributed by atoms with Crippen LogP contribution in [-0.2, 0) is 9.53 Å². The first-order valence-corrected chi connectivity index (χ1v) is 9.50. The first kappa shape index (κ1) is 18.6. The molecule has 0 unspecified atom stereocenters. The Hall–Kier alpha value is -4.39. The van der Waals surface area contributed by atoms with Gasteiger partial charge >= 0.3 is 5.97 Å². The van der Waals surface area contributed by atoms with Crippen molar-refractivity contribution < 1.29 is 23.2 Å². The third-order valence-electron chi connectivity index (χ3n) is 4.83. The van der Waals surface area contributed by atoms with Crippen molar-refractivity contribution in [2.75, 3.05) is 11.9 Å². The van der Waals surface area contributed by atoms with Crippen LogP contribution in [0.5, 0.6) is 0 Å². The van der Waals surface area contributed by atoms with Gasteiger partial charge in [0.15, 0.2) is 12.0 Å². The molecule has 0 spiro atoms. The summed E-state index contributed by atoms with van der Waals surface area (Å²) in [6.45, 7) is -0.528. The average molecular weight is 413 g/mol. The zero-order valence-corrected chi connectivity index (χ0v) is 16.1. The quantitative estimate of drug-likeness (QED) is 0.436. The Bertz CT molecular complexity index is 1530. The summed E-state index contributed by atoms with van der Waals surface area (Å²) >= 11 is 0. The third kappa shape index (κ3) is 3.53. The van der Waals surface area contributed by atoms with E-state index < -0.39 is 18.5 Å². The van der Waals surface area contributed by atoms with E-state index in [4.69, 9.17) is 13.6 Å². The summed E-state index contributed by atoms with van der Waals surface area (Å²) < 4.78 is 16.2. The Labute approximate surface area is 174 Å². The zero-order chi connectivity index (χ0) is 21.4. The predicted octanol–water partition coefficient (Wildman–Crippen LogP) is 4.49. The van der Waals surface area contributed by atoms with Gasteiger partial charge in [-0.05, 0) is 36.4 Å². The Morgan fingerprint density at radius 2 is 1.45 bits per heavy atom. The van der Waals surface area contributed by atoms with Gasteiger partial charge in [0.05, 0.1) is 5.39 Å². The summed E-state index contributed by atoms with van der Waals surface area (Å²) in [6, 6.07) is 20.5. The Kier molecular flexibility index (Phi) is 4.48. The first-order chi connectivity index (χ1) is 15.1. The van der Waals surface area contributed by atoms with Crippen molar-refractivity contribution in [1.29, 1.82) is 0 Å².